The van der Waals surface area contributed by atoms with Crippen LogP contribution in [-0.4, -0.2) is 24.1 Å². The summed E-state index contributed by atoms with van der Waals surface area (Å²) in [7, 11) is 1.73. The van der Waals surface area contributed by atoms with Gasteiger partial charge < -0.3 is 0 Å². The van der Waals surface area contributed by atoms with Gasteiger partial charge in [-0.2, -0.15) is 0 Å². The minimum atomic E-state index is -0.0281. The van der Waals surface area contributed by atoms with Crippen molar-refractivity contribution in [2.75, 3.05) is 0 Å². The molecule has 0 aliphatic rings. The van der Waals surface area contributed by atoms with E-state index < -0.39 is 0 Å². The van der Waals surface area contributed by atoms with Gasteiger partial charge >= 0.3 is 0 Å². The molecule has 4 heterocycles. The summed E-state index contributed by atoms with van der Waals surface area (Å²) in [4.78, 5) is 16.7. The topological polar surface area (TPSA) is 65.1 Å². The van der Waals surface area contributed by atoms with Crippen molar-refractivity contribution in [1.29, 1.82) is 0 Å². The number of fused-ring (bicyclic) bond motifs is 3. The van der Waals surface area contributed by atoms with Crippen molar-refractivity contribution in [2.45, 2.75) is 17.0 Å². The maximum absolute atomic E-state index is 12.3. The molecule has 4 rings (SSSR count). The van der Waals surface area contributed by atoms with E-state index in [1.807, 2.05) is 28.2 Å². The number of nitrogens with zero attached hydrogens (tertiary/aromatic N) is 5. The monoisotopic (exact) mass is 349 g/mol. The Morgan fingerprint density at radius 3 is 2.95 bits per heavy atom. The first kappa shape index (κ1) is 13.9. The molecule has 22 heavy (non-hydrogen) atoms. The smallest absolute Gasteiger partial charge is 0.272 e. The molecule has 0 saturated heterocycles. The highest BCUT2D eigenvalue weighted by atomic mass is 32.2. The van der Waals surface area contributed by atoms with Gasteiger partial charge in [0.15, 0.2) is 4.34 Å². The van der Waals surface area contributed by atoms with E-state index in [0.717, 1.165) is 26.1 Å². The van der Waals surface area contributed by atoms with Crippen LogP contribution >= 0.6 is 34.4 Å². The number of rotatable bonds is 3. The molecular weight excluding hydrogens is 338 g/mol. The van der Waals surface area contributed by atoms with E-state index in [4.69, 9.17) is 0 Å². The van der Waals surface area contributed by atoms with Gasteiger partial charge in [0, 0.05) is 18.1 Å². The zero-order chi connectivity index (χ0) is 15.3. The standard InChI is InChI=1S/C13H11N5OS3/c1-7-5-21-13(14-7)22-6-9-15-16-12-17(2)11(19)10-8(18(9)12)3-4-20-10/h3-5H,6H2,1-2H3. The molecule has 0 radical (unpaired) electrons. The Kier molecular flexibility index (Phi) is 3.28. The summed E-state index contributed by atoms with van der Waals surface area (Å²) >= 11 is 4.71. The molecule has 4 aromatic rings. The lowest BCUT2D eigenvalue weighted by molar-refractivity contribution is 0.860. The molecule has 0 aliphatic carbocycles. The molecule has 0 atom stereocenters. The van der Waals surface area contributed by atoms with Crippen molar-refractivity contribution in [3.05, 3.63) is 38.7 Å². The van der Waals surface area contributed by atoms with Crippen LogP contribution in [0.4, 0.5) is 0 Å². The fourth-order valence-corrected chi connectivity index (χ4v) is 4.88. The van der Waals surface area contributed by atoms with E-state index in [-0.39, 0.29) is 5.56 Å². The van der Waals surface area contributed by atoms with Gasteiger partial charge in [0.1, 0.15) is 10.5 Å². The lowest BCUT2D eigenvalue weighted by Crippen LogP contribution is -2.19. The molecule has 0 unspecified atom stereocenters. The Balaban J connectivity index is 1.83. The van der Waals surface area contributed by atoms with Crippen molar-refractivity contribution in [2.24, 2.45) is 7.05 Å². The summed E-state index contributed by atoms with van der Waals surface area (Å²) in [6.07, 6.45) is 0. The number of thiophene rings is 1. The molecule has 0 bridgehead atoms. The number of thioether (sulfide) groups is 1. The molecule has 6 nitrogen and oxygen atoms in total. The minimum Gasteiger partial charge on any atom is -0.279 e. The fourth-order valence-electron chi connectivity index (χ4n) is 2.27. The summed E-state index contributed by atoms with van der Waals surface area (Å²) in [5.74, 6) is 2.06. The van der Waals surface area contributed by atoms with Crippen molar-refractivity contribution in [3.63, 3.8) is 0 Å². The number of hydrogen-bond donors (Lipinski definition) is 0. The second kappa shape index (κ2) is 5.18. The van der Waals surface area contributed by atoms with E-state index >= 15 is 0 Å². The van der Waals surface area contributed by atoms with Crippen LogP contribution < -0.4 is 5.56 Å². The SMILES string of the molecule is Cc1csc(SCc2nnc3n(C)c(=O)c4sccc4n23)n1. The molecule has 4 aromatic heterocycles. The first-order chi connectivity index (χ1) is 10.6. The largest absolute Gasteiger partial charge is 0.279 e. The molecule has 0 N–H and O–H groups in total. The van der Waals surface area contributed by atoms with Crippen molar-refractivity contribution < 1.29 is 0 Å². The van der Waals surface area contributed by atoms with Crippen LogP contribution in [0.5, 0.6) is 0 Å². The Bertz CT molecular complexity index is 1040. The highest BCUT2D eigenvalue weighted by molar-refractivity contribution is 8.00. The molecular formula is C13H11N5OS3. The van der Waals surface area contributed by atoms with E-state index in [9.17, 15) is 4.79 Å². The molecule has 0 aromatic carbocycles. The molecule has 0 spiro atoms. The number of aromatic nitrogens is 5. The highest BCUT2D eigenvalue weighted by Gasteiger charge is 2.16. The zero-order valence-corrected chi connectivity index (χ0v) is 14.3. The van der Waals surface area contributed by atoms with E-state index in [1.54, 1.807) is 34.7 Å². The van der Waals surface area contributed by atoms with Crippen LogP contribution in [0.2, 0.25) is 0 Å². The van der Waals surface area contributed by atoms with Gasteiger partial charge in [-0.25, -0.2) is 4.98 Å². The van der Waals surface area contributed by atoms with Crippen molar-refractivity contribution in [1.82, 2.24) is 24.1 Å². The second-order valence-corrected chi connectivity index (χ2v) is 7.79. The van der Waals surface area contributed by atoms with Crippen LogP contribution in [-0.2, 0) is 12.8 Å². The van der Waals surface area contributed by atoms with Crippen molar-refractivity contribution >= 4 is 50.4 Å². The van der Waals surface area contributed by atoms with Gasteiger partial charge in [0.05, 0.1) is 11.3 Å². The zero-order valence-electron chi connectivity index (χ0n) is 11.8. The van der Waals surface area contributed by atoms with Crippen LogP contribution in [0.1, 0.15) is 11.5 Å². The number of hydrogen-bond acceptors (Lipinski definition) is 7. The van der Waals surface area contributed by atoms with Gasteiger partial charge in [0.2, 0.25) is 5.78 Å². The van der Waals surface area contributed by atoms with Gasteiger partial charge in [-0.05, 0) is 18.4 Å². The summed E-state index contributed by atoms with van der Waals surface area (Å²) in [6.45, 7) is 1.98. The third kappa shape index (κ3) is 2.08. The predicted octanol–water partition coefficient (Wildman–Crippen LogP) is 2.70. The fraction of sp³-hybridized carbons (Fsp3) is 0.231. The lowest BCUT2D eigenvalue weighted by atomic mass is 10.4. The molecule has 0 saturated carbocycles. The van der Waals surface area contributed by atoms with Crippen LogP contribution in [0, 0.1) is 6.92 Å². The maximum Gasteiger partial charge on any atom is 0.272 e. The Morgan fingerprint density at radius 2 is 2.18 bits per heavy atom. The summed E-state index contributed by atoms with van der Waals surface area (Å²) in [5, 5.41) is 12.4. The summed E-state index contributed by atoms with van der Waals surface area (Å²) < 4.78 is 5.25. The lowest BCUT2D eigenvalue weighted by Gasteiger charge is -2.04. The van der Waals surface area contributed by atoms with E-state index in [1.165, 1.54) is 11.3 Å². The van der Waals surface area contributed by atoms with E-state index in [2.05, 4.69) is 15.2 Å². The molecule has 0 aliphatic heterocycles. The van der Waals surface area contributed by atoms with Crippen molar-refractivity contribution in [3.8, 4) is 0 Å². The third-order valence-corrected chi connectivity index (χ3v) is 6.35. The maximum atomic E-state index is 12.3. The third-order valence-electron chi connectivity index (χ3n) is 3.32. The average Bonchev–Trinajstić information content (AvgIpc) is 3.21. The highest BCUT2D eigenvalue weighted by Crippen LogP contribution is 2.27. The van der Waals surface area contributed by atoms with Crippen LogP contribution in [0.25, 0.3) is 16.0 Å². The quantitative estimate of drug-likeness (QED) is 0.532. The molecule has 9 heteroatoms. The van der Waals surface area contributed by atoms with Gasteiger partial charge in [-0.15, -0.1) is 32.9 Å². The Hall–Kier alpha value is -1.71. The summed E-state index contributed by atoms with van der Waals surface area (Å²) in [5.41, 5.74) is 1.87. The minimum absolute atomic E-state index is 0.0281. The van der Waals surface area contributed by atoms with Crippen LogP contribution in [0.3, 0.4) is 0 Å². The van der Waals surface area contributed by atoms with Gasteiger partial charge in [0.25, 0.3) is 5.56 Å². The average molecular weight is 349 g/mol. The molecule has 0 fully saturated rings. The first-order valence-corrected chi connectivity index (χ1v) is 9.25. The normalized spacial score (nSPS) is 11.7. The number of thiazole rings is 1. The summed E-state index contributed by atoms with van der Waals surface area (Å²) in [6, 6.07) is 1.94. The van der Waals surface area contributed by atoms with Gasteiger partial charge in [-0.3, -0.25) is 13.8 Å². The molecule has 0 amide bonds. The first-order valence-electron chi connectivity index (χ1n) is 6.50. The Labute approximate surface area is 137 Å². The number of aryl methyl sites for hydroxylation is 2. The van der Waals surface area contributed by atoms with Gasteiger partial charge in [-0.1, -0.05) is 11.8 Å². The molecule has 112 valence electrons. The second-order valence-electron chi connectivity index (χ2n) is 4.79. The predicted molar refractivity (Wildman–Crippen MR) is 90.0 cm³/mol. The van der Waals surface area contributed by atoms with E-state index in [0.29, 0.717) is 11.5 Å². The Morgan fingerprint density at radius 1 is 1.32 bits per heavy atom. The van der Waals surface area contributed by atoms with Crippen LogP contribution in [0.15, 0.2) is 26.0 Å².